The standard InChI is InChI=1S/C20H24ClN7O/c1-12-19(21)25-18(26-20(12)23-9-14-10-24-28(2)27-14)7-4-13-8-16(13)17-6-5-15(29-3)11-22-17/h5-6,10-11,13,16H,4,7-9H2,1-3H3,(H,23,25,26)/t13-,16-/m0/s1. The highest BCUT2D eigenvalue weighted by molar-refractivity contribution is 6.30. The molecule has 0 spiro atoms. The van der Waals surface area contributed by atoms with E-state index in [1.165, 1.54) is 4.80 Å². The molecule has 0 saturated heterocycles. The van der Waals surface area contributed by atoms with Crippen molar-refractivity contribution in [3.63, 3.8) is 0 Å². The summed E-state index contributed by atoms with van der Waals surface area (Å²) in [6, 6.07) is 4.02. The highest BCUT2D eigenvalue weighted by atomic mass is 35.5. The second-order valence-electron chi connectivity index (χ2n) is 7.35. The van der Waals surface area contributed by atoms with Gasteiger partial charge < -0.3 is 10.1 Å². The fourth-order valence-corrected chi connectivity index (χ4v) is 3.62. The molecule has 0 bridgehead atoms. The molecule has 3 aromatic heterocycles. The highest BCUT2D eigenvalue weighted by Gasteiger charge is 2.38. The van der Waals surface area contributed by atoms with Crippen molar-refractivity contribution in [2.75, 3.05) is 12.4 Å². The van der Waals surface area contributed by atoms with Crippen LogP contribution in [-0.2, 0) is 20.0 Å². The number of nitrogens with one attached hydrogen (secondary N) is 1. The quantitative estimate of drug-likeness (QED) is 0.566. The first-order valence-electron chi connectivity index (χ1n) is 9.65. The summed E-state index contributed by atoms with van der Waals surface area (Å²) >= 11 is 6.34. The Hall–Kier alpha value is -2.74. The molecular formula is C20H24ClN7O. The lowest BCUT2D eigenvalue weighted by atomic mass is 10.1. The van der Waals surface area contributed by atoms with Crippen molar-refractivity contribution in [1.29, 1.82) is 0 Å². The van der Waals surface area contributed by atoms with Gasteiger partial charge in [0.2, 0.25) is 0 Å². The Kier molecular flexibility index (Phi) is 5.62. The fraction of sp³-hybridized carbons (Fsp3) is 0.450. The Morgan fingerprint density at radius 1 is 1.28 bits per heavy atom. The van der Waals surface area contributed by atoms with E-state index in [9.17, 15) is 0 Å². The number of pyridine rings is 1. The van der Waals surface area contributed by atoms with Gasteiger partial charge in [0.05, 0.1) is 26.0 Å². The van der Waals surface area contributed by atoms with Crippen molar-refractivity contribution in [1.82, 2.24) is 29.9 Å². The van der Waals surface area contributed by atoms with Crippen molar-refractivity contribution in [2.24, 2.45) is 13.0 Å². The fourth-order valence-electron chi connectivity index (χ4n) is 3.43. The number of ether oxygens (including phenoxy) is 1. The van der Waals surface area contributed by atoms with Crippen molar-refractivity contribution in [3.8, 4) is 5.75 Å². The summed E-state index contributed by atoms with van der Waals surface area (Å²) in [5.74, 6) is 3.41. The second-order valence-corrected chi connectivity index (χ2v) is 7.71. The summed E-state index contributed by atoms with van der Waals surface area (Å²) in [5.41, 5.74) is 2.81. The van der Waals surface area contributed by atoms with E-state index in [4.69, 9.17) is 16.3 Å². The van der Waals surface area contributed by atoms with Crippen LogP contribution in [0.15, 0.2) is 24.5 Å². The predicted octanol–water partition coefficient (Wildman–Crippen LogP) is 3.32. The minimum Gasteiger partial charge on any atom is -0.495 e. The van der Waals surface area contributed by atoms with E-state index in [1.54, 1.807) is 26.6 Å². The summed E-state index contributed by atoms with van der Waals surface area (Å²) in [4.78, 5) is 15.2. The number of aromatic nitrogens is 6. The zero-order chi connectivity index (χ0) is 20.4. The lowest BCUT2D eigenvalue weighted by molar-refractivity contribution is 0.412. The summed E-state index contributed by atoms with van der Waals surface area (Å²) in [7, 11) is 3.45. The lowest BCUT2D eigenvalue weighted by Gasteiger charge is -2.10. The zero-order valence-corrected chi connectivity index (χ0v) is 17.5. The normalized spacial score (nSPS) is 17.9. The maximum Gasteiger partial charge on any atom is 0.137 e. The number of hydrogen-bond acceptors (Lipinski definition) is 7. The van der Waals surface area contributed by atoms with E-state index in [0.29, 0.717) is 23.5 Å². The number of anilines is 1. The monoisotopic (exact) mass is 413 g/mol. The molecule has 1 saturated carbocycles. The molecular weight excluding hydrogens is 390 g/mol. The molecule has 1 N–H and O–H groups in total. The van der Waals surface area contributed by atoms with E-state index >= 15 is 0 Å². The molecule has 29 heavy (non-hydrogen) atoms. The molecule has 0 amide bonds. The van der Waals surface area contributed by atoms with Crippen molar-refractivity contribution < 1.29 is 4.74 Å². The Balaban J connectivity index is 1.35. The third-order valence-corrected chi connectivity index (χ3v) is 5.62. The number of nitrogens with zero attached hydrogens (tertiary/aromatic N) is 6. The van der Waals surface area contributed by atoms with Gasteiger partial charge in [-0.3, -0.25) is 4.98 Å². The topological polar surface area (TPSA) is 90.6 Å². The molecule has 3 heterocycles. The molecule has 4 rings (SSSR count). The van der Waals surface area contributed by atoms with Gasteiger partial charge in [0.15, 0.2) is 0 Å². The van der Waals surface area contributed by atoms with Crippen LogP contribution < -0.4 is 10.1 Å². The molecule has 1 aliphatic carbocycles. The van der Waals surface area contributed by atoms with Crippen LogP contribution in [0.3, 0.4) is 0 Å². The number of halogens is 1. The van der Waals surface area contributed by atoms with Crippen molar-refractivity contribution in [3.05, 3.63) is 52.5 Å². The molecule has 0 aromatic carbocycles. The third kappa shape index (κ3) is 4.64. The van der Waals surface area contributed by atoms with Crippen LogP contribution in [0.1, 0.15) is 41.5 Å². The number of hydrogen-bond donors (Lipinski definition) is 1. The lowest BCUT2D eigenvalue weighted by Crippen LogP contribution is -2.08. The van der Waals surface area contributed by atoms with Crippen molar-refractivity contribution >= 4 is 17.4 Å². The van der Waals surface area contributed by atoms with E-state index in [2.05, 4.69) is 36.5 Å². The van der Waals surface area contributed by atoms with Crippen molar-refractivity contribution in [2.45, 2.75) is 38.6 Å². The van der Waals surface area contributed by atoms with Crippen LogP contribution in [0.5, 0.6) is 5.75 Å². The maximum absolute atomic E-state index is 6.34. The van der Waals surface area contributed by atoms with Crippen LogP contribution in [0.4, 0.5) is 5.82 Å². The van der Waals surface area contributed by atoms with Gasteiger partial charge in [-0.15, -0.1) is 0 Å². The molecule has 0 radical (unpaired) electrons. The van der Waals surface area contributed by atoms with Gasteiger partial charge >= 0.3 is 0 Å². The Morgan fingerprint density at radius 3 is 2.83 bits per heavy atom. The average molecular weight is 414 g/mol. The minimum absolute atomic E-state index is 0.487. The Bertz CT molecular complexity index is 989. The van der Waals surface area contributed by atoms with Gasteiger partial charge in [-0.05, 0) is 37.8 Å². The van der Waals surface area contributed by atoms with Gasteiger partial charge in [0.1, 0.15) is 28.2 Å². The molecule has 152 valence electrons. The minimum atomic E-state index is 0.487. The molecule has 9 heteroatoms. The molecule has 2 atom stereocenters. The van der Waals surface area contributed by atoms with E-state index in [-0.39, 0.29) is 0 Å². The molecule has 0 unspecified atom stereocenters. The second kappa shape index (κ2) is 8.32. The zero-order valence-electron chi connectivity index (χ0n) is 16.8. The summed E-state index contributed by atoms with van der Waals surface area (Å²) in [6.07, 6.45) is 6.46. The van der Waals surface area contributed by atoms with Gasteiger partial charge in [0.25, 0.3) is 0 Å². The molecule has 3 aromatic rings. The molecule has 1 fully saturated rings. The first-order chi connectivity index (χ1) is 14.0. The third-order valence-electron chi connectivity index (χ3n) is 5.25. The van der Waals surface area contributed by atoms with Gasteiger partial charge in [0, 0.05) is 30.6 Å². The number of rotatable bonds is 8. The highest BCUT2D eigenvalue weighted by Crippen LogP contribution is 2.49. The molecule has 1 aliphatic rings. The van der Waals surface area contributed by atoms with Crippen LogP contribution in [-0.4, -0.2) is 37.1 Å². The smallest absolute Gasteiger partial charge is 0.137 e. The van der Waals surface area contributed by atoms with E-state index < -0.39 is 0 Å². The van der Waals surface area contributed by atoms with Crippen LogP contribution in [0.2, 0.25) is 5.15 Å². The van der Waals surface area contributed by atoms with Crippen LogP contribution in [0.25, 0.3) is 0 Å². The predicted molar refractivity (Wildman–Crippen MR) is 110 cm³/mol. The summed E-state index contributed by atoms with van der Waals surface area (Å²) in [5, 5.41) is 12.1. The Morgan fingerprint density at radius 2 is 2.14 bits per heavy atom. The van der Waals surface area contributed by atoms with Gasteiger partial charge in [-0.2, -0.15) is 15.0 Å². The first-order valence-corrected chi connectivity index (χ1v) is 10.0. The molecule has 8 nitrogen and oxygen atoms in total. The maximum atomic E-state index is 6.34. The summed E-state index contributed by atoms with van der Waals surface area (Å²) < 4.78 is 5.18. The average Bonchev–Trinajstić information content (AvgIpc) is 3.39. The number of aryl methyl sites for hydroxylation is 2. The Labute approximate surface area is 174 Å². The SMILES string of the molecule is COc1ccc([C@H]2C[C@@H]2CCc2nc(Cl)c(C)c(NCc3cnn(C)n3)n2)nc1. The molecule has 0 aliphatic heterocycles. The number of methoxy groups -OCH3 is 1. The van der Waals surface area contributed by atoms with E-state index in [1.807, 2.05) is 13.0 Å². The van der Waals surface area contributed by atoms with Crippen LogP contribution >= 0.6 is 11.6 Å². The first kappa shape index (κ1) is 19.6. The largest absolute Gasteiger partial charge is 0.495 e. The van der Waals surface area contributed by atoms with Gasteiger partial charge in [-0.25, -0.2) is 9.97 Å². The van der Waals surface area contributed by atoms with E-state index in [0.717, 1.165) is 53.6 Å². The van der Waals surface area contributed by atoms with Crippen LogP contribution in [0, 0.1) is 12.8 Å². The summed E-state index contributed by atoms with van der Waals surface area (Å²) in [6.45, 7) is 2.45. The van der Waals surface area contributed by atoms with Gasteiger partial charge in [-0.1, -0.05) is 11.6 Å².